The molecule has 2 atom stereocenters. The molecule has 3 aliphatic rings. The summed E-state index contributed by atoms with van der Waals surface area (Å²) in [5, 5.41) is 18.0. The van der Waals surface area contributed by atoms with Crippen molar-refractivity contribution in [1.29, 1.82) is 5.26 Å². The molecule has 2 amide bonds. The summed E-state index contributed by atoms with van der Waals surface area (Å²) in [7, 11) is 0. The Hall–Kier alpha value is -5.26. The molecule has 0 radical (unpaired) electrons. The van der Waals surface area contributed by atoms with Crippen LogP contribution in [0.5, 0.6) is 0 Å². The summed E-state index contributed by atoms with van der Waals surface area (Å²) < 4.78 is 62.0. The quantitative estimate of drug-likeness (QED) is 0.127. The number of halogens is 4. The van der Waals surface area contributed by atoms with Gasteiger partial charge in [-0.1, -0.05) is 36.4 Å². The number of hydrogen-bond donors (Lipinski definition) is 1. The van der Waals surface area contributed by atoms with Gasteiger partial charge in [0.25, 0.3) is 11.8 Å². The van der Waals surface area contributed by atoms with E-state index in [0.29, 0.717) is 34.9 Å². The predicted molar refractivity (Wildman–Crippen MR) is 183 cm³/mol. The van der Waals surface area contributed by atoms with E-state index >= 15 is 0 Å². The highest BCUT2D eigenvalue weighted by Gasteiger charge is 2.49. The maximum Gasteiger partial charge on any atom is 0.416 e. The first kappa shape index (κ1) is 35.2. The number of rotatable bonds is 11. The van der Waals surface area contributed by atoms with Crippen molar-refractivity contribution in [3.8, 4) is 11.9 Å². The maximum absolute atomic E-state index is 14.5. The van der Waals surface area contributed by atoms with E-state index in [2.05, 4.69) is 16.4 Å². The Labute approximate surface area is 298 Å². The van der Waals surface area contributed by atoms with E-state index in [4.69, 9.17) is 9.84 Å². The molecule has 1 spiro atoms. The number of fused-ring (bicyclic) bond motifs is 1. The zero-order valence-corrected chi connectivity index (χ0v) is 28.4. The van der Waals surface area contributed by atoms with E-state index < -0.39 is 41.3 Å². The number of nitrogens with one attached hydrogen (secondary N) is 1. The fourth-order valence-electron chi connectivity index (χ4n) is 7.50. The highest BCUT2D eigenvalue weighted by Crippen LogP contribution is 2.44. The Morgan fingerprint density at radius 2 is 1.81 bits per heavy atom. The van der Waals surface area contributed by atoms with Crippen LogP contribution < -0.4 is 10.2 Å². The van der Waals surface area contributed by atoms with Crippen LogP contribution in [0, 0.1) is 22.7 Å². The molecule has 2 fully saturated rings. The van der Waals surface area contributed by atoms with E-state index in [1.807, 2.05) is 30.3 Å². The number of amides is 2. The van der Waals surface area contributed by atoms with Crippen molar-refractivity contribution in [2.45, 2.75) is 38.0 Å². The first-order valence-corrected chi connectivity index (χ1v) is 17.2. The van der Waals surface area contributed by atoms with E-state index in [-0.39, 0.29) is 24.1 Å². The first-order chi connectivity index (χ1) is 25.0. The summed E-state index contributed by atoms with van der Waals surface area (Å²) in [4.78, 5) is 33.6. The lowest BCUT2D eigenvalue weighted by Crippen LogP contribution is -2.65. The molecule has 270 valence electrons. The Bertz CT molecular complexity index is 1980. The van der Waals surface area contributed by atoms with Crippen molar-refractivity contribution >= 4 is 17.6 Å². The molecule has 0 bridgehead atoms. The number of aromatic nitrogens is 2. The number of likely N-dealkylation sites (N-methyl/N-ethyl adjacent to an activating group) is 1. The van der Waals surface area contributed by atoms with E-state index in [1.165, 1.54) is 35.2 Å². The molecule has 1 N–H and O–H groups in total. The van der Waals surface area contributed by atoms with E-state index in [0.717, 1.165) is 57.5 Å². The molecule has 0 saturated carbocycles. The van der Waals surface area contributed by atoms with Crippen molar-refractivity contribution in [2.24, 2.45) is 5.41 Å². The fraction of sp³-hybridized carbons (Fsp3) is 0.368. The summed E-state index contributed by atoms with van der Waals surface area (Å²) >= 11 is 0. The number of benzene rings is 3. The van der Waals surface area contributed by atoms with Crippen LogP contribution in [0.4, 0.5) is 23.4 Å². The molecule has 4 aromatic rings. The Morgan fingerprint density at radius 3 is 2.44 bits per heavy atom. The third kappa shape index (κ3) is 6.73. The monoisotopic (exact) mass is 715 g/mol. The van der Waals surface area contributed by atoms with Gasteiger partial charge in [-0.3, -0.25) is 14.5 Å². The third-order valence-electron chi connectivity index (χ3n) is 10.0. The zero-order chi connectivity index (χ0) is 36.6. The fourth-order valence-corrected chi connectivity index (χ4v) is 7.50. The Balaban J connectivity index is 1.28. The molecular weight excluding hydrogens is 678 g/mol. The van der Waals surface area contributed by atoms with Crippen molar-refractivity contribution in [1.82, 2.24) is 24.9 Å². The third-order valence-corrected chi connectivity index (χ3v) is 10.0. The molecule has 52 heavy (non-hydrogen) atoms. The number of hydrogen-bond acceptors (Lipinski definition) is 7. The van der Waals surface area contributed by atoms with E-state index in [1.54, 1.807) is 16.5 Å². The molecule has 3 aliphatic heterocycles. The number of nitrogens with zero attached hydrogens (tertiary/aromatic N) is 6. The first-order valence-electron chi connectivity index (χ1n) is 17.2. The van der Waals surface area contributed by atoms with Gasteiger partial charge in [0.1, 0.15) is 17.7 Å². The topological polar surface area (TPSA) is 107 Å². The highest BCUT2D eigenvalue weighted by molar-refractivity contribution is 6.05. The molecule has 2 saturated heterocycles. The summed E-state index contributed by atoms with van der Waals surface area (Å²) in [6.07, 6.45) is -1.67. The van der Waals surface area contributed by atoms with Crippen LogP contribution in [-0.2, 0) is 22.3 Å². The number of carbonyl (C=O) groups excluding carboxylic acids is 2. The molecular formula is C38H37F4N7O3. The second kappa shape index (κ2) is 14.0. The number of anilines is 1. The molecule has 1 aromatic heterocycles. The van der Waals surface area contributed by atoms with Gasteiger partial charge in [0.2, 0.25) is 0 Å². The molecule has 4 heterocycles. The number of ether oxygens (including phenoxy) is 1. The van der Waals surface area contributed by atoms with Gasteiger partial charge in [-0.2, -0.15) is 23.5 Å². The summed E-state index contributed by atoms with van der Waals surface area (Å²) in [5.41, 5.74) is 1.14. The van der Waals surface area contributed by atoms with Gasteiger partial charge in [0.15, 0.2) is 6.19 Å². The molecule has 7 rings (SSSR count). The standard InChI is InChI=1S/C38H37F4N7O3/c1-2-48-35-32(30(45-49(35)29-10-4-3-5-11-29)19-46(24-43)16-7-17-47-20-37(21-47)22-52-23-37)31(25-12-14-28(39)15-13-25)33(36(48)51)44-34(50)26-8-6-9-27(18-26)38(40,41)42/h3-6,8-15,18,31,33H,2,7,16-17,19-23H2,1H3,(H,44,50)/t31-,33-/m0/s1. The average Bonchev–Trinajstić information content (AvgIpc) is 3.47. The number of alkyl halides is 3. The van der Waals surface area contributed by atoms with Crippen LogP contribution in [0.25, 0.3) is 5.69 Å². The van der Waals surface area contributed by atoms with Crippen molar-refractivity contribution < 1.29 is 31.9 Å². The lowest BCUT2D eigenvalue weighted by atomic mass is 9.78. The SMILES string of the molecule is CCN1C(=O)[C@@H](NC(=O)c2cccc(C(F)(F)F)c2)[C@@H](c2ccc(F)cc2)c2c(CN(C#N)CCCN3CC4(COC4)C3)nn(-c3ccccc3)c21. The lowest BCUT2D eigenvalue weighted by Gasteiger charge is -2.55. The predicted octanol–water partition coefficient (Wildman–Crippen LogP) is 5.33. The van der Waals surface area contributed by atoms with Crippen LogP contribution >= 0.6 is 0 Å². The number of carbonyl (C=O) groups is 2. The molecule has 0 unspecified atom stereocenters. The largest absolute Gasteiger partial charge is 0.416 e. The molecule has 10 nitrogen and oxygen atoms in total. The van der Waals surface area contributed by atoms with Gasteiger partial charge in [-0.05, 0) is 67.9 Å². The molecule has 14 heteroatoms. The second-order valence-corrected chi connectivity index (χ2v) is 13.7. The summed E-state index contributed by atoms with van der Waals surface area (Å²) in [6.45, 7) is 6.80. The van der Waals surface area contributed by atoms with Crippen LogP contribution in [0.2, 0.25) is 0 Å². The number of nitriles is 1. The zero-order valence-electron chi connectivity index (χ0n) is 28.4. The minimum atomic E-state index is -4.68. The molecule has 3 aromatic carbocycles. The lowest BCUT2D eigenvalue weighted by molar-refractivity contribution is -0.188. The minimum Gasteiger partial charge on any atom is -0.380 e. The van der Waals surface area contributed by atoms with E-state index in [9.17, 15) is 32.4 Å². The second-order valence-electron chi connectivity index (χ2n) is 13.7. The number of likely N-dealkylation sites (tertiary alicyclic amines) is 1. The van der Waals surface area contributed by atoms with Crippen molar-refractivity contribution in [2.75, 3.05) is 50.8 Å². The van der Waals surface area contributed by atoms with Crippen molar-refractivity contribution in [3.05, 3.63) is 113 Å². The van der Waals surface area contributed by atoms with Crippen LogP contribution in [0.1, 0.15) is 52.0 Å². The number of para-hydroxylation sites is 1. The summed E-state index contributed by atoms with van der Waals surface area (Å²) in [5.74, 6) is -2.42. The Kier molecular flexibility index (Phi) is 9.50. The van der Waals surface area contributed by atoms with Crippen LogP contribution in [0.3, 0.4) is 0 Å². The normalized spacial score (nSPS) is 19.4. The van der Waals surface area contributed by atoms with Gasteiger partial charge >= 0.3 is 6.18 Å². The Morgan fingerprint density at radius 1 is 1.08 bits per heavy atom. The average molecular weight is 716 g/mol. The maximum atomic E-state index is 14.5. The minimum absolute atomic E-state index is 0.0776. The highest BCUT2D eigenvalue weighted by atomic mass is 19.4. The summed E-state index contributed by atoms with van der Waals surface area (Å²) in [6, 6.07) is 17.4. The van der Waals surface area contributed by atoms with Gasteiger partial charge in [0.05, 0.1) is 36.7 Å². The van der Waals surface area contributed by atoms with Gasteiger partial charge in [-0.15, -0.1) is 0 Å². The van der Waals surface area contributed by atoms with Gasteiger partial charge in [0, 0.05) is 48.6 Å². The van der Waals surface area contributed by atoms with Crippen molar-refractivity contribution in [3.63, 3.8) is 0 Å². The van der Waals surface area contributed by atoms with Gasteiger partial charge < -0.3 is 19.9 Å². The van der Waals surface area contributed by atoms with Crippen LogP contribution in [0.15, 0.2) is 78.9 Å². The smallest absolute Gasteiger partial charge is 0.380 e. The van der Waals surface area contributed by atoms with Crippen LogP contribution in [-0.4, -0.2) is 83.4 Å². The molecule has 0 aliphatic carbocycles. The van der Waals surface area contributed by atoms with Gasteiger partial charge in [-0.25, -0.2) is 9.07 Å².